The first-order valence-electron chi connectivity index (χ1n) is 12.8. The number of fused-ring (bicyclic) bond motifs is 5. The summed E-state index contributed by atoms with van der Waals surface area (Å²) >= 11 is 0. The minimum Gasteiger partial charge on any atom is -0.394 e. The number of benzene rings is 3. The van der Waals surface area contributed by atoms with Gasteiger partial charge in [-0.15, -0.1) is 0 Å². The Morgan fingerprint density at radius 2 is 1.72 bits per heavy atom. The number of hydrogen-bond donors (Lipinski definition) is 6. The fourth-order valence-electron chi connectivity index (χ4n) is 5.90. The van der Waals surface area contributed by atoms with Crippen LogP contribution in [0.1, 0.15) is 35.9 Å². The van der Waals surface area contributed by atoms with Gasteiger partial charge < -0.3 is 35.6 Å². The topological polar surface area (TPSA) is 166 Å². The van der Waals surface area contributed by atoms with Crippen LogP contribution in [0.2, 0.25) is 0 Å². The number of anilines is 1. The highest BCUT2D eigenvalue weighted by atomic mass is 16.5. The maximum absolute atomic E-state index is 11.1. The lowest BCUT2D eigenvalue weighted by molar-refractivity contribution is -0.0769. The fourth-order valence-corrected chi connectivity index (χ4v) is 5.90. The highest BCUT2D eigenvalue weighted by Gasteiger charge is 2.41. The predicted molar refractivity (Wildman–Crippen MR) is 142 cm³/mol. The molecule has 0 spiro atoms. The Balaban J connectivity index is 1.32. The van der Waals surface area contributed by atoms with E-state index < -0.39 is 42.8 Å². The van der Waals surface area contributed by atoms with Crippen molar-refractivity contribution < 1.29 is 30.3 Å². The van der Waals surface area contributed by atoms with Crippen LogP contribution in [-0.4, -0.2) is 76.1 Å². The van der Waals surface area contributed by atoms with Crippen LogP contribution in [0.3, 0.4) is 0 Å². The lowest BCUT2D eigenvalue weighted by atomic mass is 9.80. The number of aliphatic hydroxyl groups excluding tert-OH is 5. The standard InChI is InChI=1S/C28H27N5O6/c34-10-20-19(35)9-21(39-20)33-12-31-23-27(29-11-30-28(23)33)32-22-17-8-16-14(6-5-13-3-1-2-4-15(13)16)7-18(17)24(36)26(38)25(22)37/h1-8,11-12,19-22,24-26,34-38H,9-10H2,(H,29,30,32)/t19-,20+,21+,22+,24-,25-,26+/m0/s1. The number of imidazole rings is 1. The monoisotopic (exact) mass is 529 g/mol. The van der Waals surface area contributed by atoms with E-state index in [0.717, 1.165) is 21.5 Å². The van der Waals surface area contributed by atoms with Crippen LogP contribution < -0.4 is 5.32 Å². The minimum atomic E-state index is -1.42. The number of aliphatic hydroxyl groups is 5. The van der Waals surface area contributed by atoms with Crippen LogP contribution >= 0.6 is 0 Å². The van der Waals surface area contributed by atoms with Crippen molar-refractivity contribution in [2.75, 3.05) is 11.9 Å². The van der Waals surface area contributed by atoms with Crippen molar-refractivity contribution in [3.05, 3.63) is 72.3 Å². The molecule has 7 rings (SSSR count). The van der Waals surface area contributed by atoms with Gasteiger partial charge in [-0.25, -0.2) is 15.0 Å². The van der Waals surface area contributed by atoms with Crippen molar-refractivity contribution in [2.45, 2.75) is 49.2 Å². The van der Waals surface area contributed by atoms with Crippen LogP contribution in [0.4, 0.5) is 5.82 Å². The van der Waals surface area contributed by atoms with Gasteiger partial charge in [-0.3, -0.25) is 4.57 Å². The van der Waals surface area contributed by atoms with E-state index in [1.807, 2.05) is 48.5 Å². The Kier molecular flexibility index (Phi) is 5.74. The van der Waals surface area contributed by atoms with Crippen LogP contribution in [0.5, 0.6) is 0 Å². The normalized spacial score (nSPS) is 28.8. The van der Waals surface area contributed by atoms with E-state index in [1.54, 1.807) is 4.57 Å². The minimum absolute atomic E-state index is 0.267. The molecule has 6 N–H and O–H groups in total. The molecule has 0 radical (unpaired) electrons. The second-order valence-electron chi connectivity index (χ2n) is 10.2. The summed E-state index contributed by atoms with van der Waals surface area (Å²) in [7, 11) is 0. The molecule has 3 heterocycles. The summed E-state index contributed by atoms with van der Waals surface area (Å²) in [4.78, 5) is 13.2. The SMILES string of the molecule is OC[C@H]1O[C@@H](n2cnc3c(N[C@@H]4c5cc6c(ccc7ccccc76)cc5[C@H](O)[C@@H](O)[C@H]4O)ncnc32)C[C@@H]1O. The number of rotatable bonds is 4. The molecule has 0 unspecified atom stereocenters. The fraction of sp³-hybridized carbons (Fsp3) is 0.321. The molecule has 0 bridgehead atoms. The van der Waals surface area contributed by atoms with E-state index in [4.69, 9.17) is 4.74 Å². The Labute approximate surface area is 222 Å². The van der Waals surface area contributed by atoms with E-state index in [1.165, 1.54) is 12.7 Å². The Hall–Kier alpha value is -3.71. The third-order valence-corrected chi connectivity index (χ3v) is 7.96. The average Bonchev–Trinajstić information content (AvgIpc) is 3.56. The lowest BCUT2D eigenvalue weighted by Crippen LogP contribution is -2.44. The molecule has 1 aliphatic heterocycles. The molecule has 3 aromatic carbocycles. The quantitative estimate of drug-likeness (QED) is 0.189. The Morgan fingerprint density at radius 3 is 2.54 bits per heavy atom. The maximum atomic E-state index is 11.1. The highest BCUT2D eigenvalue weighted by molar-refractivity contribution is 6.08. The van der Waals surface area contributed by atoms with E-state index in [9.17, 15) is 25.5 Å². The van der Waals surface area contributed by atoms with Gasteiger partial charge in [0.25, 0.3) is 0 Å². The van der Waals surface area contributed by atoms with Gasteiger partial charge in [-0.05, 0) is 44.8 Å². The lowest BCUT2D eigenvalue weighted by Gasteiger charge is -2.38. The average molecular weight is 530 g/mol. The third-order valence-electron chi connectivity index (χ3n) is 7.96. The van der Waals surface area contributed by atoms with Gasteiger partial charge in [0.1, 0.15) is 37.0 Å². The van der Waals surface area contributed by atoms with Crippen molar-refractivity contribution in [3.63, 3.8) is 0 Å². The first-order valence-corrected chi connectivity index (χ1v) is 12.8. The van der Waals surface area contributed by atoms with Crippen molar-refractivity contribution in [1.29, 1.82) is 0 Å². The smallest absolute Gasteiger partial charge is 0.167 e. The highest BCUT2D eigenvalue weighted by Crippen LogP contribution is 2.42. The van der Waals surface area contributed by atoms with E-state index >= 15 is 0 Å². The van der Waals surface area contributed by atoms with Crippen molar-refractivity contribution in [2.24, 2.45) is 0 Å². The van der Waals surface area contributed by atoms with Gasteiger partial charge in [0, 0.05) is 6.42 Å². The molecule has 11 heteroatoms. The number of nitrogens with zero attached hydrogens (tertiary/aromatic N) is 4. The zero-order chi connectivity index (χ0) is 26.8. The van der Waals surface area contributed by atoms with Gasteiger partial charge in [0.15, 0.2) is 17.0 Å². The summed E-state index contributed by atoms with van der Waals surface area (Å²) in [5.74, 6) is 0.326. The molecule has 2 aliphatic rings. The summed E-state index contributed by atoms with van der Waals surface area (Å²) in [6.45, 7) is -0.302. The van der Waals surface area contributed by atoms with Gasteiger partial charge in [-0.1, -0.05) is 36.4 Å². The molecule has 11 nitrogen and oxygen atoms in total. The molecule has 1 saturated heterocycles. The van der Waals surface area contributed by atoms with Crippen LogP contribution in [0.15, 0.2) is 61.2 Å². The van der Waals surface area contributed by atoms with Gasteiger partial charge in [-0.2, -0.15) is 0 Å². The van der Waals surface area contributed by atoms with Crippen LogP contribution in [0.25, 0.3) is 32.7 Å². The summed E-state index contributed by atoms with van der Waals surface area (Å²) in [6, 6.07) is 15.0. The number of nitrogens with one attached hydrogen (secondary N) is 1. The molecule has 5 aromatic rings. The Bertz CT molecular complexity index is 1710. The molecule has 39 heavy (non-hydrogen) atoms. The number of aromatic nitrogens is 4. The predicted octanol–water partition coefficient (Wildman–Crippen LogP) is 1.70. The van der Waals surface area contributed by atoms with E-state index in [-0.39, 0.29) is 13.0 Å². The van der Waals surface area contributed by atoms with E-state index in [0.29, 0.717) is 28.1 Å². The van der Waals surface area contributed by atoms with Crippen molar-refractivity contribution in [3.8, 4) is 0 Å². The zero-order valence-electron chi connectivity index (χ0n) is 20.7. The molecule has 1 aliphatic carbocycles. The van der Waals surface area contributed by atoms with Gasteiger partial charge in [0.2, 0.25) is 0 Å². The van der Waals surface area contributed by atoms with E-state index in [2.05, 4.69) is 20.3 Å². The second-order valence-corrected chi connectivity index (χ2v) is 10.2. The molecule has 2 aromatic heterocycles. The molecule has 7 atom stereocenters. The first kappa shape index (κ1) is 24.3. The molecule has 0 amide bonds. The number of hydrogen-bond acceptors (Lipinski definition) is 10. The third kappa shape index (κ3) is 3.78. The second kappa shape index (κ2) is 9.19. The molecule has 1 fully saturated rings. The largest absolute Gasteiger partial charge is 0.394 e. The molecular weight excluding hydrogens is 502 g/mol. The zero-order valence-corrected chi connectivity index (χ0v) is 20.7. The van der Waals surface area contributed by atoms with Gasteiger partial charge in [0.05, 0.1) is 25.1 Å². The summed E-state index contributed by atoms with van der Waals surface area (Å²) < 4.78 is 7.44. The summed E-state index contributed by atoms with van der Waals surface area (Å²) in [5, 5.41) is 59.6. The Morgan fingerprint density at radius 1 is 0.897 bits per heavy atom. The van der Waals surface area contributed by atoms with Gasteiger partial charge >= 0.3 is 0 Å². The van der Waals surface area contributed by atoms with Crippen molar-refractivity contribution in [1.82, 2.24) is 19.5 Å². The number of ether oxygens (including phenoxy) is 1. The van der Waals surface area contributed by atoms with Crippen LogP contribution in [-0.2, 0) is 4.74 Å². The first-order chi connectivity index (χ1) is 18.9. The van der Waals surface area contributed by atoms with Crippen molar-refractivity contribution >= 4 is 38.5 Å². The van der Waals surface area contributed by atoms with Crippen LogP contribution in [0, 0.1) is 0 Å². The summed E-state index contributed by atoms with van der Waals surface area (Å²) in [5.41, 5.74) is 2.01. The molecule has 200 valence electrons. The molecule has 0 saturated carbocycles. The maximum Gasteiger partial charge on any atom is 0.167 e. The summed E-state index contributed by atoms with van der Waals surface area (Å²) in [6.07, 6.45) is -2.95. The molecular formula is C28H27N5O6.